The molecule has 12 heavy (non-hydrogen) atoms. The molecule has 0 atom stereocenters. The average Bonchev–Trinajstić information content (AvgIpc) is 1.97. The lowest BCUT2D eigenvalue weighted by Gasteiger charge is -2.06. The monoisotopic (exact) mass is 211 g/mol. The summed E-state index contributed by atoms with van der Waals surface area (Å²) in [6, 6.07) is 0. The van der Waals surface area contributed by atoms with Gasteiger partial charge in [-0.1, -0.05) is 23.2 Å². The van der Waals surface area contributed by atoms with Crippen molar-refractivity contribution < 1.29 is 8.78 Å². The minimum atomic E-state index is -2.66. The molecule has 0 aromatic carbocycles. The van der Waals surface area contributed by atoms with Crippen LogP contribution in [0.25, 0.3) is 0 Å². The van der Waals surface area contributed by atoms with Crippen molar-refractivity contribution >= 4 is 23.2 Å². The van der Waals surface area contributed by atoms with Crippen LogP contribution in [0.2, 0.25) is 10.0 Å². The molecular formula is C7H5Cl2F2N. The van der Waals surface area contributed by atoms with Crippen LogP contribution in [0.1, 0.15) is 17.7 Å². The molecular weight excluding hydrogens is 207 g/mol. The molecule has 66 valence electrons. The van der Waals surface area contributed by atoms with Gasteiger partial charge in [0.2, 0.25) is 0 Å². The van der Waals surface area contributed by atoms with Gasteiger partial charge in [-0.05, 0) is 6.92 Å². The van der Waals surface area contributed by atoms with Crippen LogP contribution in [0, 0.1) is 6.92 Å². The van der Waals surface area contributed by atoms with Gasteiger partial charge in [0.1, 0.15) is 0 Å². The standard InChI is InChI=1S/C7H5Cl2F2N/c1-3-6(9)5(7(10)11)4(8)2-12-3/h2,7H,1H3. The first-order valence-electron chi connectivity index (χ1n) is 3.12. The van der Waals surface area contributed by atoms with Gasteiger partial charge >= 0.3 is 0 Å². The van der Waals surface area contributed by atoms with E-state index in [0.717, 1.165) is 0 Å². The van der Waals surface area contributed by atoms with Gasteiger partial charge in [-0.15, -0.1) is 0 Å². The predicted molar refractivity (Wildman–Crippen MR) is 44.0 cm³/mol. The molecule has 0 aliphatic heterocycles. The van der Waals surface area contributed by atoms with Crippen LogP contribution < -0.4 is 0 Å². The summed E-state index contributed by atoms with van der Waals surface area (Å²) in [4.78, 5) is 3.72. The zero-order chi connectivity index (χ0) is 9.30. The third-order valence-electron chi connectivity index (χ3n) is 1.40. The van der Waals surface area contributed by atoms with Crippen LogP contribution in [0.5, 0.6) is 0 Å². The van der Waals surface area contributed by atoms with Crippen molar-refractivity contribution in [2.45, 2.75) is 13.3 Å². The summed E-state index contributed by atoms with van der Waals surface area (Å²) in [5.41, 5.74) is 0.0159. The number of pyridine rings is 1. The number of hydrogen-bond acceptors (Lipinski definition) is 1. The van der Waals surface area contributed by atoms with Crippen molar-refractivity contribution in [1.82, 2.24) is 4.98 Å². The van der Waals surface area contributed by atoms with Gasteiger partial charge in [0.05, 0.1) is 21.3 Å². The van der Waals surface area contributed by atoms with Gasteiger partial charge in [-0.3, -0.25) is 4.98 Å². The fourth-order valence-corrected chi connectivity index (χ4v) is 1.29. The largest absolute Gasteiger partial charge is 0.266 e. The topological polar surface area (TPSA) is 12.9 Å². The Morgan fingerprint density at radius 3 is 2.42 bits per heavy atom. The summed E-state index contributed by atoms with van der Waals surface area (Å²) < 4.78 is 24.5. The molecule has 1 heterocycles. The fraction of sp³-hybridized carbons (Fsp3) is 0.286. The van der Waals surface area contributed by atoms with Crippen molar-refractivity contribution in [3.63, 3.8) is 0 Å². The Morgan fingerprint density at radius 1 is 1.42 bits per heavy atom. The van der Waals surface area contributed by atoms with Crippen molar-refractivity contribution in [3.8, 4) is 0 Å². The first-order chi connectivity index (χ1) is 5.54. The SMILES string of the molecule is Cc1ncc(Cl)c(C(F)F)c1Cl. The summed E-state index contributed by atoms with van der Waals surface area (Å²) in [5.74, 6) is 0. The maximum atomic E-state index is 12.3. The molecule has 0 spiro atoms. The molecule has 0 aliphatic rings. The lowest BCUT2D eigenvalue weighted by molar-refractivity contribution is 0.151. The van der Waals surface area contributed by atoms with E-state index in [9.17, 15) is 8.78 Å². The molecule has 0 radical (unpaired) electrons. The number of alkyl halides is 2. The summed E-state index contributed by atoms with van der Waals surface area (Å²) in [6.07, 6.45) is -1.49. The van der Waals surface area contributed by atoms with Crippen LogP contribution in [0.3, 0.4) is 0 Å². The van der Waals surface area contributed by atoms with E-state index in [1.807, 2.05) is 0 Å². The first kappa shape index (κ1) is 9.68. The molecule has 1 aromatic rings. The number of hydrogen-bond donors (Lipinski definition) is 0. The Kier molecular flexibility index (Phi) is 2.85. The molecule has 0 aliphatic carbocycles. The Balaban J connectivity index is 3.33. The number of aromatic nitrogens is 1. The molecule has 5 heteroatoms. The van der Waals surface area contributed by atoms with E-state index >= 15 is 0 Å². The maximum absolute atomic E-state index is 12.3. The van der Waals surface area contributed by atoms with Crippen LogP contribution in [-0.2, 0) is 0 Å². The minimum Gasteiger partial charge on any atom is -0.258 e. The third kappa shape index (κ3) is 1.67. The average molecular weight is 212 g/mol. The highest BCUT2D eigenvalue weighted by Gasteiger charge is 2.18. The molecule has 0 saturated heterocycles. The molecule has 1 rings (SSSR count). The third-order valence-corrected chi connectivity index (χ3v) is 2.18. The predicted octanol–water partition coefficient (Wildman–Crippen LogP) is 3.63. The smallest absolute Gasteiger partial charge is 0.258 e. The molecule has 0 amide bonds. The Hall–Kier alpha value is -0.410. The van der Waals surface area contributed by atoms with E-state index in [1.165, 1.54) is 6.20 Å². The molecule has 0 saturated carbocycles. The number of nitrogens with zero attached hydrogens (tertiary/aromatic N) is 1. The second-order valence-electron chi connectivity index (χ2n) is 2.22. The highest BCUT2D eigenvalue weighted by atomic mass is 35.5. The highest BCUT2D eigenvalue weighted by Crippen LogP contribution is 2.33. The maximum Gasteiger partial charge on any atom is 0.266 e. The summed E-state index contributed by atoms with van der Waals surface area (Å²) in [6.45, 7) is 1.55. The van der Waals surface area contributed by atoms with E-state index in [4.69, 9.17) is 23.2 Å². The minimum absolute atomic E-state index is 0.0579. The quantitative estimate of drug-likeness (QED) is 0.692. The first-order valence-corrected chi connectivity index (χ1v) is 3.88. The lowest BCUT2D eigenvalue weighted by Crippen LogP contribution is -1.93. The van der Waals surface area contributed by atoms with Crippen LogP contribution >= 0.6 is 23.2 Å². The molecule has 0 fully saturated rings. The van der Waals surface area contributed by atoms with Gasteiger partial charge in [0.15, 0.2) is 0 Å². The van der Waals surface area contributed by atoms with Gasteiger partial charge in [0, 0.05) is 6.20 Å². The van der Waals surface area contributed by atoms with E-state index in [0.29, 0.717) is 5.69 Å². The number of aryl methyl sites for hydroxylation is 1. The van der Waals surface area contributed by atoms with E-state index < -0.39 is 6.43 Å². The van der Waals surface area contributed by atoms with Crippen molar-refractivity contribution in [3.05, 3.63) is 27.5 Å². The van der Waals surface area contributed by atoms with Gasteiger partial charge in [-0.25, -0.2) is 8.78 Å². The second-order valence-corrected chi connectivity index (χ2v) is 3.01. The van der Waals surface area contributed by atoms with E-state index in [1.54, 1.807) is 6.92 Å². The van der Waals surface area contributed by atoms with Gasteiger partial charge in [-0.2, -0.15) is 0 Å². The summed E-state index contributed by atoms with van der Waals surface area (Å²) in [5, 5.41) is -0.155. The van der Waals surface area contributed by atoms with Crippen LogP contribution in [0.15, 0.2) is 6.20 Å². The number of rotatable bonds is 1. The van der Waals surface area contributed by atoms with Crippen molar-refractivity contribution in [1.29, 1.82) is 0 Å². The second kappa shape index (κ2) is 3.54. The summed E-state index contributed by atoms with van der Waals surface area (Å²) >= 11 is 11.0. The Labute approximate surface area is 78.3 Å². The Morgan fingerprint density at radius 2 is 2.00 bits per heavy atom. The van der Waals surface area contributed by atoms with E-state index in [-0.39, 0.29) is 15.6 Å². The van der Waals surface area contributed by atoms with Gasteiger partial charge < -0.3 is 0 Å². The molecule has 0 unspecified atom stereocenters. The molecule has 1 nitrogen and oxygen atoms in total. The van der Waals surface area contributed by atoms with Crippen LogP contribution in [0.4, 0.5) is 8.78 Å². The zero-order valence-corrected chi connectivity index (χ0v) is 7.63. The normalized spacial score (nSPS) is 10.8. The van der Waals surface area contributed by atoms with Gasteiger partial charge in [0.25, 0.3) is 6.43 Å². The lowest BCUT2D eigenvalue weighted by atomic mass is 10.2. The van der Waals surface area contributed by atoms with Crippen molar-refractivity contribution in [2.75, 3.05) is 0 Å². The van der Waals surface area contributed by atoms with Crippen LogP contribution in [-0.4, -0.2) is 4.98 Å². The summed E-state index contributed by atoms with van der Waals surface area (Å²) in [7, 11) is 0. The molecule has 0 N–H and O–H groups in total. The highest BCUT2D eigenvalue weighted by molar-refractivity contribution is 6.36. The number of halogens is 4. The Bertz CT molecular complexity index is 302. The van der Waals surface area contributed by atoms with E-state index in [2.05, 4.69) is 4.98 Å². The zero-order valence-electron chi connectivity index (χ0n) is 6.11. The molecule has 0 bridgehead atoms. The van der Waals surface area contributed by atoms with Crippen molar-refractivity contribution in [2.24, 2.45) is 0 Å². The molecule has 1 aromatic heterocycles. The fourth-order valence-electron chi connectivity index (χ4n) is 0.779.